The van der Waals surface area contributed by atoms with Crippen LogP contribution >= 0.6 is 0 Å². The Kier molecular flexibility index (Phi) is 5.89. The quantitative estimate of drug-likeness (QED) is 0.745. The van der Waals surface area contributed by atoms with Gasteiger partial charge in [0, 0.05) is 5.56 Å². The molecule has 136 valence electrons. The molecule has 0 aliphatic rings. The number of hydrogen-bond donors (Lipinski definition) is 1. The van der Waals surface area contributed by atoms with E-state index in [1.54, 1.807) is 19.2 Å². The van der Waals surface area contributed by atoms with Gasteiger partial charge in [-0.05, 0) is 52.6 Å². The smallest absolute Gasteiger partial charge is 0.131 e. The Labute approximate surface area is 150 Å². The third-order valence-corrected chi connectivity index (χ3v) is 4.34. The summed E-state index contributed by atoms with van der Waals surface area (Å²) in [5, 5.41) is 10.9. The van der Waals surface area contributed by atoms with Crippen molar-refractivity contribution in [3.05, 3.63) is 53.3 Å². The molecule has 2 rings (SSSR count). The van der Waals surface area contributed by atoms with Crippen molar-refractivity contribution in [2.75, 3.05) is 7.11 Å². The van der Waals surface area contributed by atoms with Crippen molar-refractivity contribution < 1.29 is 14.2 Å². The van der Waals surface area contributed by atoms with Gasteiger partial charge in [0.2, 0.25) is 0 Å². The number of aliphatic hydroxyl groups excluding tert-OH is 1. The van der Waals surface area contributed by atoms with Gasteiger partial charge in [0.15, 0.2) is 0 Å². The van der Waals surface area contributed by atoms with E-state index in [0.717, 1.165) is 17.5 Å². The fraction of sp³-hybridized carbons (Fsp3) is 0.455. The minimum atomic E-state index is -0.694. The highest BCUT2D eigenvalue weighted by atomic mass is 19.1. The average Bonchev–Trinajstić information content (AvgIpc) is 2.53. The number of rotatable bonds is 5. The third-order valence-electron chi connectivity index (χ3n) is 4.34. The van der Waals surface area contributed by atoms with Crippen molar-refractivity contribution >= 4 is 0 Å². The lowest BCUT2D eigenvalue weighted by molar-refractivity contribution is 0.0630. The summed E-state index contributed by atoms with van der Waals surface area (Å²) in [4.78, 5) is 0. The zero-order chi connectivity index (χ0) is 18.8. The Morgan fingerprint density at radius 2 is 1.72 bits per heavy atom. The second kappa shape index (κ2) is 7.57. The topological polar surface area (TPSA) is 29.5 Å². The van der Waals surface area contributed by atoms with E-state index in [2.05, 4.69) is 13.8 Å². The van der Waals surface area contributed by atoms with Crippen molar-refractivity contribution in [3.63, 3.8) is 0 Å². The molecule has 2 nitrogen and oxygen atoms in total. The lowest BCUT2D eigenvalue weighted by atomic mass is 9.80. The van der Waals surface area contributed by atoms with E-state index in [-0.39, 0.29) is 11.2 Å². The number of halogens is 1. The third kappa shape index (κ3) is 4.60. The van der Waals surface area contributed by atoms with Crippen LogP contribution < -0.4 is 4.74 Å². The van der Waals surface area contributed by atoms with Crippen molar-refractivity contribution in [3.8, 4) is 16.9 Å². The zero-order valence-corrected chi connectivity index (χ0v) is 16.1. The first-order valence-electron chi connectivity index (χ1n) is 8.78. The van der Waals surface area contributed by atoms with E-state index < -0.39 is 6.10 Å². The first kappa shape index (κ1) is 19.5. The number of aliphatic hydroxyl groups is 1. The summed E-state index contributed by atoms with van der Waals surface area (Å²) in [7, 11) is 1.56. The van der Waals surface area contributed by atoms with Gasteiger partial charge in [0.05, 0.1) is 13.2 Å². The highest BCUT2D eigenvalue weighted by molar-refractivity contribution is 5.70. The van der Waals surface area contributed by atoms with Gasteiger partial charge in [-0.15, -0.1) is 0 Å². The molecule has 0 bridgehead atoms. The molecule has 1 unspecified atom stereocenters. The van der Waals surface area contributed by atoms with Crippen LogP contribution in [0.25, 0.3) is 11.1 Å². The Morgan fingerprint density at radius 1 is 1.04 bits per heavy atom. The summed E-state index contributed by atoms with van der Waals surface area (Å²) >= 11 is 0. The van der Waals surface area contributed by atoms with Crippen LogP contribution in [0.1, 0.15) is 51.8 Å². The SMILES string of the molecule is COc1ccc(F)c(-c2ccc(CC(C)C)cc2C(O)C(C)(C)C)c1. The van der Waals surface area contributed by atoms with E-state index in [9.17, 15) is 9.50 Å². The van der Waals surface area contributed by atoms with Crippen LogP contribution in [0.5, 0.6) is 5.75 Å². The predicted octanol–water partition coefficient (Wildman–Crippen LogP) is 5.78. The van der Waals surface area contributed by atoms with Crippen LogP contribution in [-0.4, -0.2) is 12.2 Å². The molecule has 2 aromatic carbocycles. The lowest BCUT2D eigenvalue weighted by Crippen LogP contribution is -2.19. The monoisotopic (exact) mass is 344 g/mol. The summed E-state index contributed by atoms with van der Waals surface area (Å²) < 4.78 is 19.8. The van der Waals surface area contributed by atoms with Crippen molar-refractivity contribution in [2.24, 2.45) is 11.3 Å². The molecule has 0 radical (unpaired) electrons. The Hall–Kier alpha value is -1.87. The summed E-state index contributed by atoms with van der Waals surface area (Å²) in [5.74, 6) is 0.789. The molecule has 1 atom stereocenters. The maximum atomic E-state index is 14.5. The van der Waals surface area contributed by atoms with Crippen LogP contribution in [0.15, 0.2) is 36.4 Å². The van der Waals surface area contributed by atoms with Crippen molar-refractivity contribution in [1.82, 2.24) is 0 Å². The molecule has 0 aliphatic carbocycles. The standard InChI is InChI=1S/C22H29FO2/c1-14(2)11-15-7-9-17(19(12-15)21(24)22(3,4)5)18-13-16(25-6)8-10-20(18)23/h7-10,12-14,21,24H,11H2,1-6H3. The Balaban J connectivity index is 2.64. The van der Waals surface area contributed by atoms with E-state index >= 15 is 0 Å². The van der Waals surface area contributed by atoms with Gasteiger partial charge in [0.1, 0.15) is 11.6 Å². The number of methoxy groups -OCH3 is 1. The lowest BCUT2D eigenvalue weighted by Gasteiger charge is -2.29. The second-order valence-corrected chi connectivity index (χ2v) is 8.13. The molecule has 25 heavy (non-hydrogen) atoms. The summed E-state index contributed by atoms with van der Waals surface area (Å²) in [5.41, 5.74) is 2.74. The van der Waals surface area contributed by atoms with E-state index in [4.69, 9.17) is 4.74 Å². The highest BCUT2D eigenvalue weighted by Crippen LogP contribution is 2.40. The molecule has 0 spiro atoms. The predicted molar refractivity (Wildman–Crippen MR) is 101 cm³/mol. The molecule has 0 saturated heterocycles. The van der Waals surface area contributed by atoms with Gasteiger partial charge in [-0.2, -0.15) is 0 Å². The summed E-state index contributed by atoms with van der Waals surface area (Å²) in [6.45, 7) is 10.3. The van der Waals surface area contributed by atoms with Gasteiger partial charge in [-0.1, -0.05) is 52.8 Å². The molecule has 3 heteroatoms. The normalized spacial score (nSPS) is 13.2. The van der Waals surface area contributed by atoms with Crippen LogP contribution in [0.3, 0.4) is 0 Å². The Morgan fingerprint density at radius 3 is 2.28 bits per heavy atom. The molecule has 1 N–H and O–H groups in total. The van der Waals surface area contributed by atoms with E-state index in [0.29, 0.717) is 22.8 Å². The van der Waals surface area contributed by atoms with E-state index in [1.165, 1.54) is 6.07 Å². The number of hydrogen-bond acceptors (Lipinski definition) is 2. The second-order valence-electron chi connectivity index (χ2n) is 8.13. The fourth-order valence-electron chi connectivity index (χ4n) is 2.99. The van der Waals surface area contributed by atoms with Gasteiger partial charge in [-0.25, -0.2) is 4.39 Å². The minimum absolute atomic E-state index is 0.320. The molecule has 0 amide bonds. The van der Waals surface area contributed by atoms with Gasteiger partial charge in [0.25, 0.3) is 0 Å². The largest absolute Gasteiger partial charge is 0.497 e. The maximum absolute atomic E-state index is 14.5. The maximum Gasteiger partial charge on any atom is 0.131 e. The Bertz CT molecular complexity index is 729. The molecule has 2 aromatic rings. The molecular formula is C22H29FO2. The molecule has 0 aliphatic heterocycles. The molecule has 0 heterocycles. The first-order chi connectivity index (χ1) is 11.6. The summed E-state index contributed by atoms with van der Waals surface area (Å²) in [6, 6.07) is 10.7. The first-order valence-corrected chi connectivity index (χ1v) is 8.78. The fourth-order valence-corrected chi connectivity index (χ4v) is 2.99. The molecule has 0 aromatic heterocycles. The van der Waals surface area contributed by atoms with Gasteiger partial charge < -0.3 is 9.84 Å². The van der Waals surface area contributed by atoms with Crippen LogP contribution in [0.2, 0.25) is 0 Å². The van der Waals surface area contributed by atoms with Crippen LogP contribution in [-0.2, 0) is 6.42 Å². The number of benzene rings is 2. The number of ether oxygens (including phenoxy) is 1. The molecule has 0 fully saturated rings. The van der Waals surface area contributed by atoms with Crippen molar-refractivity contribution in [2.45, 2.75) is 47.1 Å². The highest BCUT2D eigenvalue weighted by Gasteiger charge is 2.27. The van der Waals surface area contributed by atoms with Crippen LogP contribution in [0, 0.1) is 17.2 Å². The molecular weight excluding hydrogens is 315 g/mol. The van der Waals surface area contributed by atoms with Crippen LogP contribution in [0.4, 0.5) is 4.39 Å². The van der Waals surface area contributed by atoms with Crippen molar-refractivity contribution in [1.29, 1.82) is 0 Å². The van der Waals surface area contributed by atoms with Gasteiger partial charge in [-0.3, -0.25) is 0 Å². The minimum Gasteiger partial charge on any atom is -0.497 e. The van der Waals surface area contributed by atoms with Gasteiger partial charge >= 0.3 is 0 Å². The summed E-state index contributed by atoms with van der Waals surface area (Å²) in [6.07, 6.45) is 0.227. The molecule has 0 saturated carbocycles. The van der Waals surface area contributed by atoms with E-state index in [1.807, 2.05) is 39.0 Å². The average molecular weight is 344 g/mol. The zero-order valence-electron chi connectivity index (χ0n) is 16.1.